The molecule has 144 valence electrons. The number of nitrogens with zero attached hydrogens (tertiary/aromatic N) is 3. The van der Waals surface area contributed by atoms with E-state index >= 15 is 0 Å². The molecule has 0 spiro atoms. The van der Waals surface area contributed by atoms with E-state index in [0.717, 1.165) is 38.1 Å². The van der Waals surface area contributed by atoms with E-state index in [9.17, 15) is 18.0 Å². The van der Waals surface area contributed by atoms with Gasteiger partial charge in [0.1, 0.15) is 0 Å². The zero-order valence-electron chi connectivity index (χ0n) is 14.5. The highest BCUT2D eigenvalue weighted by molar-refractivity contribution is 5.89. The molecule has 27 heavy (non-hydrogen) atoms. The Morgan fingerprint density at radius 3 is 2.52 bits per heavy atom. The normalized spacial score (nSPS) is 15.4. The van der Waals surface area contributed by atoms with Gasteiger partial charge >= 0.3 is 12.2 Å². The molecule has 2 aromatic rings. The number of halogens is 3. The van der Waals surface area contributed by atoms with Crippen LogP contribution in [0.2, 0.25) is 0 Å². The molecule has 1 saturated heterocycles. The van der Waals surface area contributed by atoms with E-state index in [1.165, 1.54) is 12.1 Å². The monoisotopic (exact) mass is 379 g/mol. The van der Waals surface area contributed by atoms with E-state index in [1.807, 2.05) is 0 Å². The molecule has 0 atom stereocenters. The largest absolute Gasteiger partial charge is 0.416 e. The average molecular weight is 379 g/mol. The molecule has 0 aliphatic carbocycles. The molecule has 2 amide bonds. The van der Waals surface area contributed by atoms with Crippen LogP contribution in [0.3, 0.4) is 0 Å². The van der Waals surface area contributed by atoms with E-state index < -0.39 is 17.8 Å². The van der Waals surface area contributed by atoms with Gasteiger partial charge in [-0.1, -0.05) is 6.07 Å². The van der Waals surface area contributed by atoms with Crippen LogP contribution in [-0.4, -0.2) is 35.6 Å². The Balaban J connectivity index is 1.44. The summed E-state index contributed by atoms with van der Waals surface area (Å²) in [5.74, 6) is 1.00. The fourth-order valence-corrected chi connectivity index (χ4v) is 2.98. The molecular weight excluding hydrogens is 359 g/mol. The molecule has 1 aliphatic rings. The topological polar surface area (TPSA) is 70.2 Å². The zero-order chi connectivity index (χ0) is 19.3. The minimum absolute atomic E-state index is 0.110. The van der Waals surface area contributed by atoms with Crippen molar-refractivity contribution in [2.75, 3.05) is 29.9 Å². The number of hydrogen-bond acceptors (Lipinski definition) is 4. The van der Waals surface area contributed by atoms with Crippen molar-refractivity contribution < 1.29 is 18.0 Å². The molecule has 0 saturated carbocycles. The Morgan fingerprint density at radius 2 is 1.85 bits per heavy atom. The predicted molar refractivity (Wildman–Crippen MR) is 95.4 cm³/mol. The van der Waals surface area contributed by atoms with Crippen molar-refractivity contribution in [2.45, 2.75) is 19.0 Å². The second-order valence-electron chi connectivity index (χ2n) is 6.39. The first-order chi connectivity index (χ1) is 12.9. The van der Waals surface area contributed by atoms with Crippen molar-refractivity contribution >= 4 is 17.7 Å². The zero-order valence-corrected chi connectivity index (χ0v) is 14.5. The number of carbonyl (C=O) groups excluding carboxylic acids is 1. The van der Waals surface area contributed by atoms with E-state index in [2.05, 4.69) is 25.5 Å². The van der Waals surface area contributed by atoms with Gasteiger partial charge in [-0.3, -0.25) is 0 Å². The van der Waals surface area contributed by atoms with Crippen LogP contribution >= 0.6 is 0 Å². The van der Waals surface area contributed by atoms with Crippen molar-refractivity contribution in [2.24, 2.45) is 5.92 Å². The summed E-state index contributed by atoms with van der Waals surface area (Å²) in [4.78, 5) is 22.5. The fourth-order valence-electron chi connectivity index (χ4n) is 2.98. The lowest BCUT2D eigenvalue weighted by atomic mass is 9.97. The molecule has 1 aromatic heterocycles. The van der Waals surface area contributed by atoms with Gasteiger partial charge in [-0.25, -0.2) is 14.8 Å². The lowest BCUT2D eigenvalue weighted by molar-refractivity contribution is -0.137. The summed E-state index contributed by atoms with van der Waals surface area (Å²) in [6.07, 6.45) is 0.719. The van der Waals surface area contributed by atoms with Gasteiger partial charge in [0, 0.05) is 37.7 Å². The first kappa shape index (κ1) is 18.9. The number of benzene rings is 1. The minimum atomic E-state index is -4.44. The molecule has 3 rings (SSSR count). The van der Waals surface area contributed by atoms with E-state index in [-0.39, 0.29) is 5.69 Å². The molecule has 1 aliphatic heterocycles. The van der Waals surface area contributed by atoms with Gasteiger partial charge in [-0.2, -0.15) is 13.2 Å². The summed E-state index contributed by atoms with van der Waals surface area (Å²) in [6, 6.07) is 5.82. The number of alkyl halides is 3. The number of piperidine rings is 1. The van der Waals surface area contributed by atoms with Crippen molar-refractivity contribution in [3.8, 4) is 0 Å². The number of urea groups is 1. The molecule has 9 heteroatoms. The number of anilines is 2. The van der Waals surface area contributed by atoms with E-state index in [1.54, 1.807) is 18.5 Å². The van der Waals surface area contributed by atoms with Crippen LogP contribution in [0.15, 0.2) is 42.7 Å². The summed E-state index contributed by atoms with van der Waals surface area (Å²) < 4.78 is 38.1. The van der Waals surface area contributed by atoms with Crippen LogP contribution in [-0.2, 0) is 6.18 Å². The smallest absolute Gasteiger partial charge is 0.341 e. The third-order valence-electron chi connectivity index (χ3n) is 4.45. The number of rotatable bonds is 4. The van der Waals surface area contributed by atoms with Crippen LogP contribution in [0.5, 0.6) is 0 Å². The Hall–Kier alpha value is -2.84. The maximum atomic E-state index is 12.7. The highest BCUT2D eigenvalue weighted by Gasteiger charge is 2.30. The maximum Gasteiger partial charge on any atom is 0.416 e. The summed E-state index contributed by atoms with van der Waals surface area (Å²) in [5, 5.41) is 5.18. The first-order valence-corrected chi connectivity index (χ1v) is 8.66. The van der Waals surface area contributed by atoms with E-state index in [4.69, 9.17) is 0 Å². The molecule has 2 N–H and O–H groups in total. The van der Waals surface area contributed by atoms with Crippen molar-refractivity contribution in [3.63, 3.8) is 0 Å². The fraction of sp³-hybridized carbons (Fsp3) is 0.389. The lowest BCUT2D eigenvalue weighted by Gasteiger charge is -2.31. The second-order valence-corrected chi connectivity index (χ2v) is 6.39. The Morgan fingerprint density at radius 1 is 1.15 bits per heavy atom. The summed E-state index contributed by atoms with van der Waals surface area (Å²) in [6.45, 7) is 2.06. The van der Waals surface area contributed by atoms with Gasteiger partial charge in [0.05, 0.1) is 5.56 Å². The number of hydrogen-bond donors (Lipinski definition) is 2. The number of amides is 2. The molecular formula is C18H20F3N5O. The van der Waals surface area contributed by atoms with Crippen molar-refractivity contribution in [1.29, 1.82) is 0 Å². The van der Waals surface area contributed by atoms with Gasteiger partial charge < -0.3 is 15.5 Å². The Bertz CT molecular complexity index is 761. The van der Waals surface area contributed by atoms with Crippen molar-refractivity contribution in [1.82, 2.24) is 15.3 Å². The highest BCUT2D eigenvalue weighted by Crippen LogP contribution is 2.30. The van der Waals surface area contributed by atoms with Crippen LogP contribution in [0.25, 0.3) is 0 Å². The molecule has 0 bridgehead atoms. The number of carbonyl (C=O) groups is 1. The quantitative estimate of drug-likeness (QED) is 0.853. The van der Waals surface area contributed by atoms with Gasteiger partial charge in [-0.05, 0) is 43.0 Å². The molecule has 0 unspecified atom stereocenters. The van der Waals surface area contributed by atoms with Crippen molar-refractivity contribution in [3.05, 3.63) is 48.3 Å². The van der Waals surface area contributed by atoms with Crippen LogP contribution < -0.4 is 15.5 Å². The second kappa shape index (κ2) is 8.24. The van der Waals surface area contributed by atoms with E-state index in [0.29, 0.717) is 18.4 Å². The molecule has 0 radical (unpaired) electrons. The summed E-state index contributed by atoms with van der Waals surface area (Å²) in [5.41, 5.74) is -0.686. The third-order valence-corrected chi connectivity index (χ3v) is 4.45. The minimum Gasteiger partial charge on any atom is -0.341 e. The van der Waals surface area contributed by atoms with Crippen LogP contribution in [0, 0.1) is 5.92 Å². The molecule has 2 heterocycles. The van der Waals surface area contributed by atoms with Gasteiger partial charge in [-0.15, -0.1) is 0 Å². The molecule has 1 aromatic carbocycles. The predicted octanol–water partition coefficient (Wildman–Crippen LogP) is 3.53. The van der Waals surface area contributed by atoms with Crippen LogP contribution in [0.4, 0.5) is 29.6 Å². The van der Waals surface area contributed by atoms with Gasteiger partial charge in [0.2, 0.25) is 5.95 Å². The Labute approximate surface area is 154 Å². The maximum absolute atomic E-state index is 12.7. The molecule has 1 fully saturated rings. The standard InChI is InChI=1S/C18H20F3N5O/c19-18(20,21)14-3-1-4-15(11-14)25-17(27)24-12-13-5-9-26(10-6-13)16-22-7-2-8-23-16/h1-4,7-8,11,13H,5-6,9-10,12H2,(H2,24,25,27). The summed E-state index contributed by atoms with van der Waals surface area (Å²) >= 11 is 0. The highest BCUT2D eigenvalue weighted by atomic mass is 19.4. The first-order valence-electron chi connectivity index (χ1n) is 8.66. The SMILES string of the molecule is O=C(NCC1CCN(c2ncccn2)CC1)Nc1cccc(C(F)(F)F)c1. The average Bonchev–Trinajstić information content (AvgIpc) is 2.67. The van der Waals surface area contributed by atoms with Gasteiger partial charge in [0.15, 0.2) is 0 Å². The summed E-state index contributed by atoms with van der Waals surface area (Å²) in [7, 11) is 0. The molecule has 6 nitrogen and oxygen atoms in total. The number of aromatic nitrogens is 2. The Kier molecular flexibility index (Phi) is 5.78. The van der Waals surface area contributed by atoms with Gasteiger partial charge in [0.25, 0.3) is 0 Å². The van der Waals surface area contributed by atoms with Crippen LogP contribution in [0.1, 0.15) is 18.4 Å². The lowest BCUT2D eigenvalue weighted by Crippen LogP contribution is -2.40. The third kappa shape index (κ3) is 5.32. The number of nitrogens with one attached hydrogen (secondary N) is 2.